The molecule has 0 aliphatic rings. The van der Waals surface area contributed by atoms with Crippen LogP contribution in [0.4, 0.5) is 0 Å². The predicted octanol–water partition coefficient (Wildman–Crippen LogP) is 7.70. The van der Waals surface area contributed by atoms with Gasteiger partial charge in [0.05, 0.1) is 16.6 Å². The van der Waals surface area contributed by atoms with Gasteiger partial charge < -0.3 is 0 Å². The van der Waals surface area contributed by atoms with Crippen molar-refractivity contribution in [1.29, 1.82) is 0 Å². The number of hydrogen-bond acceptors (Lipinski definition) is 2. The van der Waals surface area contributed by atoms with Crippen molar-refractivity contribution in [1.82, 2.24) is 9.38 Å². The molecule has 0 spiro atoms. The van der Waals surface area contributed by atoms with E-state index < -0.39 is 6.04 Å². The number of fused-ring (bicyclic) bond motifs is 10. The first kappa shape index (κ1) is 22.7. The minimum absolute atomic E-state index is 0.981. The zero-order valence-corrected chi connectivity index (χ0v) is 22.7. The molecule has 0 N–H and O–H groups in total. The van der Waals surface area contributed by atoms with Gasteiger partial charge in [0.1, 0.15) is 5.65 Å². The largest absolute Gasteiger partial charge is 0.292 e. The molecule has 8 rings (SSSR count). The highest BCUT2D eigenvalue weighted by molar-refractivity contribution is 8.25. The first-order chi connectivity index (χ1) is 19.2. The summed E-state index contributed by atoms with van der Waals surface area (Å²) < 4.78 is 2.31. The third-order valence-corrected chi connectivity index (χ3v) is 12.8. The Morgan fingerprint density at radius 3 is 1.90 bits per heavy atom. The van der Waals surface area contributed by atoms with Crippen LogP contribution in [0, 0.1) is 0 Å². The van der Waals surface area contributed by atoms with E-state index in [2.05, 4.69) is 144 Å². The van der Waals surface area contributed by atoms with E-state index in [-0.39, 0.29) is 0 Å². The molecule has 2 aromatic heterocycles. The molecule has 4 heteroatoms. The Labute approximate surface area is 231 Å². The van der Waals surface area contributed by atoms with Crippen molar-refractivity contribution in [3.63, 3.8) is 0 Å². The van der Waals surface area contributed by atoms with Gasteiger partial charge >= 0.3 is 0 Å². The van der Waals surface area contributed by atoms with Crippen LogP contribution in [-0.2, 0) is 11.8 Å². The van der Waals surface area contributed by atoms with Gasteiger partial charge in [0.2, 0.25) is 0 Å². The number of imidazole rings is 1. The number of rotatable bonds is 3. The predicted molar refractivity (Wildman–Crippen MR) is 171 cm³/mol. The van der Waals surface area contributed by atoms with E-state index in [1.54, 1.807) is 0 Å². The minimum Gasteiger partial charge on any atom is -0.292 e. The molecule has 0 amide bonds. The van der Waals surface area contributed by atoms with Gasteiger partial charge in [0, 0.05) is 27.5 Å². The van der Waals surface area contributed by atoms with E-state index in [9.17, 15) is 0 Å². The van der Waals surface area contributed by atoms with Crippen molar-refractivity contribution in [3.8, 4) is 0 Å². The zero-order chi connectivity index (χ0) is 26.0. The Balaban J connectivity index is 1.63. The van der Waals surface area contributed by atoms with Crippen LogP contribution in [-0.4, -0.2) is 9.38 Å². The second kappa shape index (κ2) is 8.61. The third-order valence-electron chi connectivity index (χ3n) is 7.82. The molecule has 184 valence electrons. The summed E-state index contributed by atoms with van der Waals surface area (Å²) in [5, 5.41) is 9.64. The van der Waals surface area contributed by atoms with Gasteiger partial charge in [0.25, 0.3) is 0 Å². The Bertz CT molecular complexity index is 2210. The number of pyridine rings is 1. The van der Waals surface area contributed by atoms with E-state index in [1.165, 1.54) is 37.5 Å². The summed E-state index contributed by atoms with van der Waals surface area (Å²) in [6.45, 7) is 0. The Morgan fingerprint density at radius 1 is 0.513 bits per heavy atom. The Kier molecular flexibility index (Phi) is 5.00. The third kappa shape index (κ3) is 3.21. The summed E-state index contributed by atoms with van der Waals surface area (Å²) in [6, 6.07) is 47.2. The molecule has 0 unspecified atom stereocenters. The normalized spacial score (nSPS) is 12.2. The monoisotopic (exact) mass is 534 g/mol. The van der Waals surface area contributed by atoms with Crippen LogP contribution in [0.25, 0.3) is 49.1 Å². The maximum atomic E-state index is 6.85. The van der Waals surface area contributed by atoms with Crippen LogP contribution >= 0.6 is 6.04 Å². The Morgan fingerprint density at radius 2 is 1.15 bits per heavy atom. The first-order valence-corrected chi connectivity index (χ1v) is 15.9. The van der Waals surface area contributed by atoms with E-state index >= 15 is 0 Å². The topological polar surface area (TPSA) is 17.3 Å². The van der Waals surface area contributed by atoms with Gasteiger partial charge in [-0.05, 0) is 45.6 Å². The van der Waals surface area contributed by atoms with Crippen molar-refractivity contribution >= 4 is 82.9 Å². The number of hydrogen-bond donors (Lipinski definition) is 0. The molecular formula is C35H23N2PS. The molecule has 0 bridgehead atoms. The number of aromatic nitrogens is 2. The fourth-order valence-corrected chi connectivity index (χ4v) is 10.2. The van der Waals surface area contributed by atoms with Gasteiger partial charge in [-0.3, -0.25) is 4.40 Å². The molecule has 0 saturated carbocycles. The van der Waals surface area contributed by atoms with Crippen LogP contribution in [0.5, 0.6) is 0 Å². The van der Waals surface area contributed by atoms with E-state index in [0.29, 0.717) is 0 Å². The van der Waals surface area contributed by atoms with Crippen molar-refractivity contribution in [3.05, 3.63) is 140 Å². The number of benzene rings is 6. The first-order valence-electron chi connectivity index (χ1n) is 13.1. The van der Waals surface area contributed by atoms with Gasteiger partial charge in [-0.2, -0.15) is 0 Å². The highest BCUT2D eigenvalue weighted by Crippen LogP contribution is 2.47. The molecule has 0 saturated heterocycles. The number of nitrogens with zero attached hydrogens (tertiary/aromatic N) is 2. The molecule has 39 heavy (non-hydrogen) atoms. The average Bonchev–Trinajstić information content (AvgIpc) is 3.41. The summed E-state index contributed by atoms with van der Waals surface area (Å²) in [5.41, 5.74) is 4.26. The van der Waals surface area contributed by atoms with Crippen LogP contribution < -0.4 is 15.9 Å². The average molecular weight is 535 g/mol. The van der Waals surface area contributed by atoms with E-state index in [4.69, 9.17) is 16.8 Å². The molecule has 2 heterocycles. The van der Waals surface area contributed by atoms with Crippen molar-refractivity contribution in [2.75, 3.05) is 0 Å². The van der Waals surface area contributed by atoms with Gasteiger partial charge in [-0.15, -0.1) is 0 Å². The van der Waals surface area contributed by atoms with Crippen molar-refractivity contribution in [2.45, 2.75) is 0 Å². The second-order valence-corrected chi connectivity index (χ2v) is 14.3. The number of para-hydroxylation sites is 3. The lowest BCUT2D eigenvalue weighted by atomic mass is 9.99. The maximum absolute atomic E-state index is 6.85. The maximum Gasteiger partial charge on any atom is 0.146 e. The van der Waals surface area contributed by atoms with Crippen molar-refractivity contribution < 1.29 is 0 Å². The molecule has 2 nitrogen and oxygen atoms in total. The van der Waals surface area contributed by atoms with E-state index in [1.807, 2.05) is 0 Å². The van der Waals surface area contributed by atoms with Gasteiger partial charge in [-0.25, -0.2) is 4.98 Å². The lowest BCUT2D eigenvalue weighted by molar-refractivity contribution is 1.32. The lowest BCUT2D eigenvalue weighted by Crippen LogP contribution is -2.25. The SMILES string of the molecule is S=P(c1ccccc1)(c1ccccc1)c1cccc2ccc3c(c4ccccc4n4c5ccccc5nc34)c12. The minimum atomic E-state index is -2.39. The summed E-state index contributed by atoms with van der Waals surface area (Å²) in [6.07, 6.45) is 0. The summed E-state index contributed by atoms with van der Waals surface area (Å²) in [5.74, 6) is 0. The quantitative estimate of drug-likeness (QED) is 0.171. The fourth-order valence-electron chi connectivity index (χ4n) is 6.12. The zero-order valence-electron chi connectivity index (χ0n) is 21.0. The van der Waals surface area contributed by atoms with E-state index in [0.717, 1.165) is 27.6 Å². The summed E-state index contributed by atoms with van der Waals surface area (Å²) in [4.78, 5) is 5.15. The molecule has 0 fully saturated rings. The van der Waals surface area contributed by atoms with Crippen LogP contribution in [0.15, 0.2) is 140 Å². The highest BCUT2D eigenvalue weighted by Gasteiger charge is 2.28. The second-order valence-electron chi connectivity index (χ2n) is 9.92. The Hall–Kier alpha value is -4.30. The fraction of sp³-hybridized carbons (Fsp3) is 0. The molecule has 0 aliphatic carbocycles. The molecule has 0 radical (unpaired) electrons. The molecule has 6 aromatic carbocycles. The van der Waals surface area contributed by atoms with Crippen LogP contribution in [0.1, 0.15) is 0 Å². The smallest absolute Gasteiger partial charge is 0.146 e. The van der Waals surface area contributed by atoms with Gasteiger partial charge in [-0.1, -0.05) is 127 Å². The van der Waals surface area contributed by atoms with Gasteiger partial charge in [0.15, 0.2) is 0 Å². The lowest BCUT2D eigenvalue weighted by Gasteiger charge is -2.26. The standard InChI is InChI=1S/C35H23N2PS/c39-38(25-13-3-1-4-14-25,26-15-5-2-6-16-26)32-21-11-12-24-22-23-28-34(33(24)32)27-17-7-9-19-30(27)37-31-20-10-8-18-29(31)36-35(28)37/h1-23H. The summed E-state index contributed by atoms with van der Waals surface area (Å²) >= 11 is 6.85. The summed E-state index contributed by atoms with van der Waals surface area (Å²) in [7, 11) is 0. The molecule has 0 atom stereocenters. The van der Waals surface area contributed by atoms with Crippen molar-refractivity contribution in [2.24, 2.45) is 0 Å². The van der Waals surface area contributed by atoms with Crippen LogP contribution in [0.3, 0.4) is 0 Å². The van der Waals surface area contributed by atoms with Crippen LogP contribution in [0.2, 0.25) is 0 Å². The molecular weight excluding hydrogens is 511 g/mol. The molecule has 0 aliphatic heterocycles. The molecule has 8 aromatic rings. The highest BCUT2D eigenvalue weighted by atomic mass is 32.4.